The summed E-state index contributed by atoms with van der Waals surface area (Å²) >= 11 is 0. The van der Waals surface area contributed by atoms with E-state index in [0.29, 0.717) is 0 Å². The molecule has 1 aromatic rings. The first kappa shape index (κ1) is 13.7. The van der Waals surface area contributed by atoms with E-state index in [2.05, 4.69) is 0 Å². The number of carbonyl (C=O) groups excluding carboxylic acids is 1. The Hall–Kier alpha value is -1.35. The average Bonchev–Trinajstić information content (AvgIpc) is 2.34. The van der Waals surface area contributed by atoms with Gasteiger partial charge in [-0.25, -0.2) is 0 Å². The van der Waals surface area contributed by atoms with Gasteiger partial charge in [-0.15, -0.1) is 0 Å². The summed E-state index contributed by atoms with van der Waals surface area (Å²) in [7, 11) is 1.44. The molecule has 94 valence electrons. The van der Waals surface area contributed by atoms with Crippen molar-refractivity contribution in [1.29, 1.82) is 0 Å². The molecule has 0 aliphatic rings. The summed E-state index contributed by atoms with van der Waals surface area (Å²) in [5.41, 5.74) is 6.88. The molecule has 0 unspecified atom stereocenters. The number of hydrogen-bond donors (Lipinski definition) is 1. The summed E-state index contributed by atoms with van der Waals surface area (Å²) in [6.07, 6.45) is 2.34. The van der Waals surface area contributed by atoms with E-state index in [1.807, 2.05) is 37.3 Å². The third-order valence-electron chi connectivity index (χ3n) is 2.83. The third-order valence-corrected chi connectivity index (χ3v) is 2.83. The van der Waals surface area contributed by atoms with Gasteiger partial charge in [0, 0.05) is 6.04 Å². The first-order valence-corrected chi connectivity index (χ1v) is 6.00. The largest absolute Gasteiger partial charge is 0.469 e. The lowest BCUT2D eigenvalue weighted by molar-refractivity contribution is -0.145. The maximum absolute atomic E-state index is 11.7. The quantitative estimate of drug-likeness (QED) is 0.769. The zero-order chi connectivity index (χ0) is 12.7. The van der Waals surface area contributed by atoms with E-state index in [9.17, 15) is 4.79 Å². The van der Waals surface area contributed by atoms with Gasteiger partial charge in [0.25, 0.3) is 0 Å². The molecule has 1 aromatic carbocycles. The highest BCUT2D eigenvalue weighted by molar-refractivity contribution is 5.72. The zero-order valence-corrected chi connectivity index (χ0v) is 10.6. The third kappa shape index (κ3) is 5.00. The molecule has 0 saturated heterocycles. The number of methoxy groups -OCH3 is 1. The number of esters is 1. The van der Waals surface area contributed by atoms with Crippen molar-refractivity contribution in [2.24, 2.45) is 11.7 Å². The van der Waals surface area contributed by atoms with Crippen molar-refractivity contribution < 1.29 is 9.53 Å². The Morgan fingerprint density at radius 3 is 2.47 bits per heavy atom. The summed E-state index contributed by atoms with van der Waals surface area (Å²) < 4.78 is 4.84. The molecule has 17 heavy (non-hydrogen) atoms. The number of hydrogen-bond acceptors (Lipinski definition) is 3. The number of ether oxygens (including phenoxy) is 1. The van der Waals surface area contributed by atoms with Crippen LogP contribution in [0.4, 0.5) is 0 Å². The fourth-order valence-electron chi connectivity index (χ4n) is 1.83. The van der Waals surface area contributed by atoms with Crippen LogP contribution in [0.3, 0.4) is 0 Å². The second kappa shape index (κ2) is 7.07. The molecule has 1 rings (SSSR count). The van der Waals surface area contributed by atoms with Crippen molar-refractivity contribution >= 4 is 5.97 Å². The van der Waals surface area contributed by atoms with Crippen LogP contribution in [0.2, 0.25) is 0 Å². The van der Waals surface area contributed by atoms with Crippen LogP contribution in [-0.2, 0) is 16.0 Å². The van der Waals surface area contributed by atoms with Gasteiger partial charge in [0.15, 0.2) is 0 Å². The van der Waals surface area contributed by atoms with Gasteiger partial charge in [-0.1, -0.05) is 30.3 Å². The Morgan fingerprint density at radius 2 is 1.94 bits per heavy atom. The van der Waals surface area contributed by atoms with E-state index in [1.165, 1.54) is 7.11 Å². The minimum absolute atomic E-state index is 0.0894. The molecule has 0 saturated carbocycles. The summed E-state index contributed by atoms with van der Waals surface area (Å²) in [4.78, 5) is 11.7. The van der Waals surface area contributed by atoms with Crippen molar-refractivity contribution in [3.8, 4) is 0 Å². The van der Waals surface area contributed by atoms with Crippen LogP contribution in [-0.4, -0.2) is 19.1 Å². The van der Waals surface area contributed by atoms with Gasteiger partial charge >= 0.3 is 5.97 Å². The molecule has 0 amide bonds. The average molecular weight is 235 g/mol. The van der Waals surface area contributed by atoms with Crippen LogP contribution in [0.1, 0.15) is 25.3 Å². The topological polar surface area (TPSA) is 52.3 Å². The van der Waals surface area contributed by atoms with Gasteiger partial charge in [-0.05, 0) is 31.7 Å². The van der Waals surface area contributed by atoms with Gasteiger partial charge in [0.05, 0.1) is 13.0 Å². The summed E-state index contributed by atoms with van der Waals surface area (Å²) in [5, 5.41) is 0. The molecule has 3 heteroatoms. The minimum Gasteiger partial charge on any atom is -0.469 e. The SMILES string of the molecule is COC(=O)[C@@H](CC[C@@H](C)N)Cc1ccccc1. The standard InChI is InChI=1S/C14H21NO2/c1-11(15)8-9-13(14(16)17-2)10-12-6-4-3-5-7-12/h3-7,11,13H,8-10,15H2,1-2H3/t11-,13+/m1/s1. The van der Waals surface area contributed by atoms with Crippen molar-refractivity contribution in [2.45, 2.75) is 32.2 Å². The van der Waals surface area contributed by atoms with E-state index in [1.54, 1.807) is 0 Å². The van der Waals surface area contributed by atoms with Crippen LogP contribution in [0.25, 0.3) is 0 Å². The fourth-order valence-corrected chi connectivity index (χ4v) is 1.83. The Morgan fingerprint density at radius 1 is 1.29 bits per heavy atom. The second-order valence-electron chi connectivity index (χ2n) is 4.46. The second-order valence-corrected chi connectivity index (χ2v) is 4.46. The van der Waals surface area contributed by atoms with Crippen LogP contribution in [0.15, 0.2) is 30.3 Å². The van der Waals surface area contributed by atoms with Gasteiger partial charge in [0.2, 0.25) is 0 Å². The Bertz CT molecular complexity index is 335. The van der Waals surface area contributed by atoms with Gasteiger partial charge in [-0.3, -0.25) is 4.79 Å². The zero-order valence-electron chi connectivity index (χ0n) is 10.6. The molecule has 0 aliphatic carbocycles. The predicted molar refractivity (Wildman–Crippen MR) is 68.5 cm³/mol. The van der Waals surface area contributed by atoms with Gasteiger partial charge in [0.1, 0.15) is 0 Å². The Balaban J connectivity index is 2.60. The molecule has 0 heterocycles. The lowest BCUT2D eigenvalue weighted by atomic mass is 9.93. The van der Waals surface area contributed by atoms with Crippen molar-refractivity contribution in [3.05, 3.63) is 35.9 Å². The van der Waals surface area contributed by atoms with E-state index in [-0.39, 0.29) is 17.9 Å². The van der Waals surface area contributed by atoms with Gasteiger partial charge < -0.3 is 10.5 Å². The van der Waals surface area contributed by atoms with E-state index < -0.39 is 0 Å². The molecule has 0 radical (unpaired) electrons. The van der Waals surface area contributed by atoms with E-state index in [0.717, 1.165) is 24.8 Å². The molecule has 0 fully saturated rings. The van der Waals surface area contributed by atoms with E-state index in [4.69, 9.17) is 10.5 Å². The Labute approximate surface area is 103 Å². The number of rotatable bonds is 6. The lowest BCUT2D eigenvalue weighted by Gasteiger charge is -2.15. The first-order valence-electron chi connectivity index (χ1n) is 6.00. The Kier molecular flexibility index (Phi) is 5.70. The molecule has 0 aliphatic heterocycles. The molecular weight excluding hydrogens is 214 g/mol. The summed E-state index contributed by atoms with van der Waals surface area (Å²) in [5.74, 6) is -0.233. The number of nitrogens with two attached hydrogens (primary N) is 1. The molecule has 2 N–H and O–H groups in total. The van der Waals surface area contributed by atoms with Crippen molar-refractivity contribution in [3.63, 3.8) is 0 Å². The maximum atomic E-state index is 11.7. The highest BCUT2D eigenvalue weighted by atomic mass is 16.5. The number of carbonyl (C=O) groups is 1. The lowest BCUT2D eigenvalue weighted by Crippen LogP contribution is -2.23. The molecule has 2 atom stereocenters. The summed E-state index contributed by atoms with van der Waals surface area (Å²) in [6.45, 7) is 1.96. The predicted octanol–water partition coefficient (Wildman–Crippen LogP) is 2.15. The van der Waals surface area contributed by atoms with Crippen LogP contribution < -0.4 is 5.73 Å². The normalized spacial score (nSPS) is 14.1. The van der Waals surface area contributed by atoms with Gasteiger partial charge in [-0.2, -0.15) is 0 Å². The minimum atomic E-state index is -0.144. The monoisotopic (exact) mass is 235 g/mol. The van der Waals surface area contributed by atoms with Crippen molar-refractivity contribution in [1.82, 2.24) is 0 Å². The summed E-state index contributed by atoms with van der Waals surface area (Å²) in [6, 6.07) is 10.1. The van der Waals surface area contributed by atoms with Crippen LogP contribution in [0.5, 0.6) is 0 Å². The maximum Gasteiger partial charge on any atom is 0.308 e. The highest BCUT2D eigenvalue weighted by Gasteiger charge is 2.19. The first-order chi connectivity index (χ1) is 8.13. The van der Waals surface area contributed by atoms with Crippen LogP contribution >= 0.6 is 0 Å². The molecule has 3 nitrogen and oxygen atoms in total. The smallest absolute Gasteiger partial charge is 0.308 e. The fraction of sp³-hybridized carbons (Fsp3) is 0.500. The number of benzene rings is 1. The van der Waals surface area contributed by atoms with E-state index >= 15 is 0 Å². The molecule has 0 bridgehead atoms. The highest BCUT2D eigenvalue weighted by Crippen LogP contribution is 2.16. The molecule has 0 aromatic heterocycles. The van der Waals surface area contributed by atoms with Crippen LogP contribution in [0, 0.1) is 5.92 Å². The molecular formula is C14H21NO2. The van der Waals surface area contributed by atoms with Crippen molar-refractivity contribution in [2.75, 3.05) is 7.11 Å². The molecule has 0 spiro atoms.